The van der Waals surface area contributed by atoms with Crippen molar-refractivity contribution >= 4 is 17.3 Å². The minimum atomic E-state index is 0.00852. The Morgan fingerprint density at radius 1 is 0.958 bits per heavy atom. The summed E-state index contributed by atoms with van der Waals surface area (Å²) in [6.07, 6.45) is 0.468. The molecule has 5 nitrogen and oxygen atoms in total. The SMILES string of the molecule is O=C(CCN1CCOCC1)NN(c1ccccc1)c1ccccc1. The molecule has 0 bridgehead atoms. The van der Waals surface area contributed by atoms with Crippen molar-refractivity contribution in [3.8, 4) is 0 Å². The molecule has 0 radical (unpaired) electrons. The maximum absolute atomic E-state index is 12.4. The number of carbonyl (C=O) groups is 1. The van der Waals surface area contributed by atoms with Crippen LogP contribution in [0.1, 0.15) is 6.42 Å². The van der Waals surface area contributed by atoms with Crippen LogP contribution in [0.2, 0.25) is 0 Å². The van der Waals surface area contributed by atoms with E-state index < -0.39 is 0 Å². The fraction of sp³-hybridized carbons (Fsp3) is 0.316. The van der Waals surface area contributed by atoms with Crippen molar-refractivity contribution in [1.82, 2.24) is 10.3 Å². The van der Waals surface area contributed by atoms with Crippen LogP contribution in [0.15, 0.2) is 60.7 Å². The number of nitrogens with one attached hydrogen (secondary N) is 1. The molecule has 1 amide bonds. The molecule has 0 aliphatic carbocycles. The summed E-state index contributed by atoms with van der Waals surface area (Å²) in [5, 5.41) is 1.83. The molecule has 2 aromatic carbocycles. The zero-order valence-corrected chi connectivity index (χ0v) is 13.7. The predicted molar refractivity (Wildman–Crippen MR) is 95.0 cm³/mol. The Bertz CT molecular complexity index is 588. The Balaban J connectivity index is 1.64. The molecule has 0 aromatic heterocycles. The van der Waals surface area contributed by atoms with Gasteiger partial charge in [-0.15, -0.1) is 0 Å². The van der Waals surface area contributed by atoms with Gasteiger partial charge < -0.3 is 4.74 Å². The summed E-state index contributed by atoms with van der Waals surface area (Å²) >= 11 is 0. The second-order valence-electron chi connectivity index (χ2n) is 5.75. The van der Waals surface area contributed by atoms with Crippen molar-refractivity contribution in [2.75, 3.05) is 37.9 Å². The van der Waals surface area contributed by atoms with Gasteiger partial charge in [-0.25, -0.2) is 0 Å². The van der Waals surface area contributed by atoms with Crippen LogP contribution in [0.5, 0.6) is 0 Å². The molecule has 0 unspecified atom stereocenters. The fourth-order valence-corrected chi connectivity index (χ4v) is 2.70. The van der Waals surface area contributed by atoms with Gasteiger partial charge in [-0.1, -0.05) is 36.4 Å². The van der Waals surface area contributed by atoms with Crippen LogP contribution in [-0.2, 0) is 9.53 Å². The van der Waals surface area contributed by atoms with E-state index in [4.69, 9.17) is 4.74 Å². The van der Waals surface area contributed by atoms with Crippen LogP contribution in [-0.4, -0.2) is 43.7 Å². The maximum Gasteiger partial charge on any atom is 0.240 e. The molecule has 5 heteroatoms. The lowest BCUT2D eigenvalue weighted by atomic mass is 10.2. The molecule has 1 saturated heterocycles. The Morgan fingerprint density at radius 2 is 1.50 bits per heavy atom. The monoisotopic (exact) mass is 325 g/mol. The molecule has 0 spiro atoms. The van der Waals surface area contributed by atoms with Gasteiger partial charge in [-0.2, -0.15) is 0 Å². The topological polar surface area (TPSA) is 44.8 Å². The molecule has 0 atom stereocenters. The average molecular weight is 325 g/mol. The predicted octanol–water partition coefficient (Wildman–Crippen LogP) is 2.58. The van der Waals surface area contributed by atoms with Gasteiger partial charge in [0.1, 0.15) is 0 Å². The number of rotatable bonds is 6. The summed E-state index contributed by atoms with van der Waals surface area (Å²) in [6, 6.07) is 19.7. The minimum Gasteiger partial charge on any atom is -0.379 e. The highest BCUT2D eigenvalue weighted by Crippen LogP contribution is 2.22. The summed E-state index contributed by atoms with van der Waals surface area (Å²) in [5.74, 6) is 0.00852. The number of hydrogen-bond donors (Lipinski definition) is 1. The van der Waals surface area contributed by atoms with Crippen molar-refractivity contribution in [2.24, 2.45) is 0 Å². The third kappa shape index (κ3) is 4.57. The molecule has 126 valence electrons. The van der Waals surface area contributed by atoms with Gasteiger partial charge in [0.05, 0.1) is 24.6 Å². The molecule has 1 N–H and O–H groups in total. The minimum absolute atomic E-state index is 0.00852. The molecule has 24 heavy (non-hydrogen) atoms. The Kier molecular flexibility index (Phi) is 5.82. The fourth-order valence-electron chi connectivity index (χ4n) is 2.70. The maximum atomic E-state index is 12.4. The van der Waals surface area contributed by atoms with Crippen molar-refractivity contribution in [2.45, 2.75) is 6.42 Å². The summed E-state index contributed by atoms with van der Waals surface area (Å²) in [7, 11) is 0. The van der Waals surface area contributed by atoms with E-state index in [2.05, 4.69) is 10.3 Å². The number of nitrogens with zero attached hydrogens (tertiary/aromatic N) is 2. The van der Waals surface area contributed by atoms with E-state index in [0.29, 0.717) is 6.42 Å². The average Bonchev–Trinajstić information content (AvgIpc) is 2.67. The Hall–Kier alpha value is -2.37. The second-order valence-corrected chi connectivity index (χ2v) is 5.75. The second kappa shape index (κ2) is 8.47. The van der Waals surface area contributed by atoms with Crippen LogP contribution in [0.25, 0.3) is 0 Å². The summed E-state index contributed by atoms with van der Waals surface area (Å²) < 4.78 is 5.34. The summed E-state index contributed by atoms with van der Waals surface area (Å²) in [4.78, 5) is 14.7. The third-order valence-corrected chi connectivity index (χ3v) is 4.02. The van der Waals surface area contributed by atoms with E-state index in [1.54, 1.807) is 0 Å². The standard InChI is InChI=1S/C19H23N3O2/c23-19(11-12-21-13-15-24-16-14-21)20-22(17-7-3-1-4-8-17)18-9-5-2-6-10-18/h1-10H,11-16H2,(H,20,23). The molecule has 3 rings (SSSR count). The number of anilines is 2. The first-order valence-electron chi connectivity index (χ1n) is 8.33. The number of amides is 1. The zero-order valence-electron chi connectivity index (χ0n) is 13.7. The highest BCUT2D eigenvalue weighted by atomic mass is 16.5. The van der Waals surface area contributed by atoms with E-state index in [0.717, 1.165) is 44.2 Å². The van der Waals surface area contributed by atoms with Crippen molar-refractivity contribution in [3.63, 3.8) is 0 Å². The smallest absolute Gasteiger partial charge is 0.240 e. The van der Waals surface area contributed by atoms with Gasteiger partial charge >= 0.3 is 0 Å². The van der Waals surface area contributed by atoms with E-state index in [-0.39, 0.29) is 5.91 Å². The van der Waals surface area contributed by atoms with Crippen molar-refractivity contribution in [3.05, 3.63) is 60.7 Å². The number of benzene rings is 2. The van der Waals surface area contributed by atoms with Gasteiger partial charge in [0, 0.05) is 26.1 Å². The quantitative estimate of drug-likeness (QED) is 0.829. The van der Waals surface area contributed by atoms with Crippen LogP contribution in [0.3, 0.4) is 0 Å². The molecule has 1 heterocycles. The first-order chi connectivity index (χ1) is 11.8. The van der Waals surface area contributed by atoms with Gasteiger partial charge in [0.25, 0.3) is 0 Å². The molecule has 1 fully saturated rings. The lowest BCUT2D eigenvalue weighted by Crippen LogP contribution is -2.42. The van der Waals surface area contributed by atoms with Crippen LogP contribution < -0.4 is 10.4 Å². The Labute approximate surface area is 142 Å². The van der Waals surface area contributed by atoms with E-state index in [9.17, 15) is 4.79 Å². The molecule has 1 aliphatic rings. The first kappa shape index (κ1) is 16.5. The number of morpholine rings is 1. The number of carbonyl (C=O) groups excluding carboxylic acids is 1. The van der Waals surface area contributed by atoms with Crippen LogP contribution in [0, 0.1) is 0 Å². The van der Waals surface area contributed by atoms with Crippen molar-refractivity contribution in [1.29, 1.82) is 0 Å². The molecule has 0 saturated carbocycles. The highest BCUT2D eigenvalue weighted by Gasteiger charge is 2.15. The van der Waals surface area contributed by atoms with Crippen LogP contribution >= 0.6 is 0 Å². The molecule has 1 aliphatic heterocycles. The highest BCUT2D eigenvalue weighted by molar-refractivity contribution is 5.80. The first-order valence-corrected chi connectivity index (χ1v) is 8.33. The number of ether oxygens (including phenoxy) is 1. The lowest BCUT2D eigenvalue weighted by Gasteiger charge is -2.28. The number of para-hydroxylation sites is 2. The summed E-state index contributed by atoms with van der Waals surface area (Å²) in [6.45, 7) is 4.05. The van der Waals surface area contributed by atoms with Crippen molar-refractivity contribution < 1.29 is 9.53 Å². The van der Waals surface area contributed by atoms with Gasteiger partial charge in [-0.05, 0) is 24.3 Å². The lowest BCUT2D eigenvalue weighted by molar-refractivity contribution is -0.121. The number of hydrazine groups is 1. The van der Waals surface area contributed by atoms with Gasteiger partial charge in [-0.3, -0.25) is 20.1 Å². The normalized spacial score (nSPS) is 15.0. The van der Waals surface area contributed by atoms with E-state index in [1.165, 1.54) is 0 Å². The third-order valence-electron chi connectivity index (χ3n) is 4.02. The van der Waals surface area contributed by atoms with Gasteiger partial charge in [0.2, 0.25) is 5.91 Å². The van der Waals surface area contributed by atoms with Gasteiger partial charge in [0.15, 0.2) is 0 Å². The summed E-state index contributed by atoms with van der Waals surface area (Å²) in [5.41, 5.74) is 4.89. The van der Waals surface area contributed by atoms with Crippen LogP contribution in [0.4, 0.5) is 11.4 Å². The van der Waals surface area contributed by atoms with E-state index in [1.807, 2.05) is 65.7 Å². The van der Waals surface area contributed by atoms with E-state index >= 15 is 0 Å². The Morgan fingerprint density at radius 3 is 2.04 bits per heavy atom. The zero-order chi connectivity index (χ0) is 16.6. The number of hydrogen-bond acceptors (Lipinski definition) is 4. The molecular formula is C19H23N3O2. The molecule has 2 aromatic rings. The molecular weight excluding hydrogens is 302 g/mol. The largest absolute Gasteiger partial charge is 0.379 e.